The summed E-state index contributed by atoms with van der Waals surface area (Å²) in [4.78, 5) is 43.7. The van der Waals surface area contributed by atoms with E-state index in [1.165, 1.54) is 4.90 Å². The number of hydrogen-bond acceptors (Lipinski definition) is 5. The molecule has 0 saturated carbocycles. The summed E-state index contributed by atoms with van der Waals surface area (Å²) in [6.45, 7) is 0. The van der Waals surface area contributed by atoms with Crippen LogP contribution in [-0.4, -0.2) is 23.9 Å². The van der Waals surface area contributed by atoms with Crippen molar-refractivity contribution >= 4 is 46.1 Å². The number of hydrogen-bond donors (Lipinski definition) is 2. The highest BCUT2D eigenvalue weighted by Crippen LogP contribution is 2.63. The van der Waals surface area contributed by atoms with Crippen LogP contribution in [0.25, 0.3) is 10.8 Å². The van der Waals surface area contributed by atoms with Crippen molar-refractivity contribution in [2.24, 2.45) is 16.9 Å². The maximum Gasteiger partial charge on any atom is 0.273 e. The maximum atomic E-state index is 14.7. The van der Waals surface area contributed by atoms with Crippen molar-refractivity contribution in [3.05, 3.63) is 143 Å². The standard InChI is InChI=1S/C36H26N4O3/c37-28-18-8-5-15-25(28)33(41)39-38-20-36-26-16-6-3-13-23(26)30(24-14-4-7-17-27(24)36)31-32(36)35(43)40(34(31)42)29-19-9-11-21-10-1-2-12-22(21)29/h1-20,30-32H,37H2,(H,39,41)/b38-20-/t30?,31-,32+,36?/m0/s1. The predicted molar refractivity (Wildman–Crippen MR) is 166 cm³/mol. The number of hydrazone groups is 1. The van der Waals surface area contributed by atoms with Crippen LogP contribution in [0.4, 0.5) is 11.4 Å². The van der Waals surface area contributed by atoms with E-state index >= 15 is 0 Å². The second kappa shape index (κ2) is 9.22. The highest BCUT2D eigenvalue weighted by Gasteiger charge is 2.68. The molecule has 43 heavy (non-hydrogen) atoms. The number of nitrogens with two attached hydrogens (primary N) is 1. The molecule has 0 radical (unpaired) electrons. The molecule has 1 aliphatic heterocycles. The molecule has 3 amide bonds. The summed E-state index contributed by atoms with van der Waals surface area (Å²) in [5.74, 6) is -2.63. The van der Waals surface area contributed by atoms with Crippen LogP contribution in [0, 0.1) is 11.8 Å². The predicted octanol–water partition coefficient (Wildman–Crippen LogP) is 5.39. The van der Waals surface area contributed by atoms with Gasteiger partial charge in [0.15, 0.2) is 0 Å². The number of rotatable bonds is 4. The zero-order valence-electron chi connectivity index (χ0n) is 23.0. The number of carbonyl (C=O) groups excluding carboxylic acids is 3. The van der Waals surface area contributed by atoms with Gasteiger partial charge >= 0.3 is 0 Å². The highest BCUT2D eigenvalue weighted by molar-refractivity contribution is 6.27. The molecule has 0 aromatic heterocycles. The monoisotopic (exact) mass is 562 g/mol. The molecular weight excluding hydrogens is 536 g/mol. The van der Waals surface area contributed by atoms with Crippen LogP contribution >= 0.6 is 0 Å². The number of amides is 3. The molecule has 7 heteroatoms. The van der Waals surface area contributed by atoms with Crippen LogP contribution in [0.1, 0.15) is 38.5 Å². The smallest absolute Gasteiger partial charge is 0.273 e. The molecule has 2 atom stereocenters. The number of fused-ring (bicyclic) bond motifs is 1. The van der Waals surface area contributed by atoms with Crippen LogP contribution in [-0.2, 0) is 15.0 Å². The first-order valence-electron chi connectivity index (χ1n) is 14.3. The Hall–Kier alpha value is -5.56. The van der Waals surface area contributed by atoms with Gasteiger partial charge in [-0.3, -0.25) is 14.4 Å². The summed E-state index contributed by atoms with van der Waals surface area (Å²) in [5, 5.41) is 6.27. The molecule has 3 N–H and O–H groups in total. The Balaban J connectivity index is 1.32. The minimum atomic E-state index is -1.09. The Morgan fingerprint density at radius 3 is 2.14 bits per heavy atom. The number of para-hydroxylation sites is 1. The zero-order chi connectivity index (χ0) is 29.3. The molecule has 1 fully saturated rings. The van der Waals surface area contributed by atoms with Gasteiger partial charge in [-0.25, -0.2) is 10.3 Å². The normalized spacial score (nSPS) is 23.3. The quantitative estimate of drug-likeness (QED) is 0.133. The van der Waals surface area contributed by atoms with Crippen molar-refractivity contribution in [1.29, 1.82) is 0 Å². The topological polar surface area (TPSA) is 105 Å². The first-order chi connectivity index (χ1) is 21.0. The number of benzene rings is 5. The summed E-state index contributed by atoms with van der Waals surface area (Å²) < 4.78 is 0. The van der Waals surface area contributed by atoms with Gasteiger partial charge in [-0.2, -0.15) is 5.10 Å². The molecule has 4 aliphatic rings. The second-order valence-corrected chi connectivity index (χ2v) is 11.3. The second-order valence-electron chi connectivity index (χ2n) is 11.3. The van der Waals surface area contributed by atoms with E-state index in [1.54, 1.807) is 30.5 Å². The lowest BCUT2D eigenvalue weighted by molar-refractivity contribution is -0.122. The Labute approximate surface area is 247 Å². The maximum absolute atomic E-state index is 14.7. The largest absolute Gasteiger partial charge is 0.398 e. The third-order valence-electron chi connectivity index (χ3n) is 9.33. The fourth-order valence-corrected chi connectivity index (χ4v) is 7.65. The molecule has 0 spiro atoms. The van der Waals surface area contributed by atoms with E-state index in [0.29, 0.717) is 16.9 Å². The van der Waals surface area contributed by atoms with Gasteiger partial charge in [-0.15, -0.1) is 0 Å². The molecule has 2 bridgehead atoms. The third-order valence-corrected chi connectivity index (χ3v) is 9.33. The Morgan fingerprint density at radius 1 is 0.767 bits per heavy atom. The van der Waals surface area contributed by atoms with E-state index in [4.69, 9.17) is 5.73 Å². The molecule has 7 nitrogen and oxygen atoms in total. The fourth-order valence-electron chi connectivity index (χ4n) is 7.65. The van der Waals surface area contributed by atoms with E-state index < -0.39 is 23.2 Å². The van der Waals surface area contributed by atoms with Gasteiger partial charge in [0.2, 0.25) is 11.8 Å². The van der Waals surface area contributed by atoms with Crippen molar-refractivity contribution in [2.45, 2.75) is 11.3 Å². The molecule has 1 heterocycles. The Kier molecular flexibility index (Phi) is 5.40. The lowest BCUT2D eigenvalue weighted by Crippen LogP contribution is -2.54. The van der Waals surface area contributed by atoms with E-state index in [2.05, 4.69) is 10.5 Å². The first kappa shape index (κ1) is 25.2. The number of anilines is 2. The minimum Gasteiger partial charge on any atom is -0.398 e. The zero-order valence-corrected chi connectivity index (χ0v) is 23.0. The van der Waals surface area contributed by atoms with Gasteiger partial charge in [0.05, 0.1) is 28.5 Å². The molecule has 0 unspecified atom stereocenters. The van der Waals surface area contributed by atoms with E-state index in [0.717, 1.165) is 33.0 Å². The third kappa shape index (κ3) is 3.36. The van der Waals surface area contributed by atoms with Crippen LogP contribution in [0.3, 0.4) is 0 Å². The van der Waals surface area contributed by atoms with Gasteiger partial charge in [-0.05, 0) is 45.8 Å². The molecule has 9 rings (SSSR count). The lowest BCUT2D eigenvalue weighted by Gasteiger charge is -2.52. The van der Waals surface area contributed by atoms with Crippen molar-refractivity contribution in [2.75, 3.05) is 10.6 Å². The summed E-state index contributed by atoms with van der Waals surface area (Å²) >= 11 is 0. The number of nitrogens with zero attached hydrogens (tertiary/aromatic N) is 2. The van der Waals surface area contributed by atoms with Gasteiger partial charge in [-0.1, -0.05) is 97.1 Å². The van der Waals surface area contributed by atoms with Crippen molar-refractivity contribution in [3.8, 4) is 0 Å². The SMILES string of the molecule is Nc1ccccc1C(=O)N/N=C\C12c3ccccc3C(c3ccccc31)[C@@H]1C(=O)N(c3cccc4ccccc34)C(=O)[C@@H]12. The molecule has 1 saturated heterocycles. The number of imide groups is 1. The average molecular weight is 563 g/mol. The Bertz CT molecular complexity index is 1980. The highest BCUT2D eigenvalue weighted by atomic mass is 16.2. The lowest BCUT2D eigenvalue weighted by atomic mass is 9.47. The number of carbonyl (C=O) groups is 3. The molecule has 208 valence electrons. The number of nitrogen functional groups attached to an aromatic ring is 1. The van der Waals surface area contributed by atoms with Gasteiger partial charge in [0.25, 0.3) is 5.91 Å². The summed E-state index contributed by atoms with van der Waals surface area (Å²) in [7, 11) is 0. The van der Waals surface area contributed by atoms with Gasteiger partial charge < -0.3 is 5.73 Å². The minimum absolute atomic E-state index is 0.223. The van der Waals surface area contributed by atoms with Crippen LogP contribution in [0.15, 0.2) is 120 Å². The van der Waals surface area contributed by atoms with Crippen molar-refractivity contribution in [1.82, 2.24) is 5.43 Å². The van der Waals surface area contributed by atoms with E-state index in [9.17, 15) is 14.4 Å². The fraction of sp³-hybridized carbons (Fsp3) is 0.111. The summed E-state index contributed by atoms with van der Waals surface area (Å²) in [6, 6.07) is 36.1. The van der Waals surface area contributed by atoms with Crippen LogP contribution in [0.2, 0.25) is 0 Å². The van der Waals surface area contributed by atoms with Crippen molar-refractivity contribution < 1.29 is 14.4 Å². The van der Waals surface area contributed by atoms with E-state index in [1.807, 2.05) is 91.0 Å². The van der Waals surface area contributed by atoms with Crippen LogP contribution < -0.4 is 16.1 Å². The van der Waals surface area contributed by atoms with Gasteiger partial charge in [0.1, 0.15) is 0 Å². The van der Waals surface area contributed by atoms with E-state index in [-0.39, 0.29) is 17.7 Å². The first-order valence-corrected chi connectivity index (χ1v) is 14.3. The number of nitrogens with one attached hydrogen (secondary N) is 1. The average Bonchev–Trinajstić information content (AvgIpc) is 3.31. The molecule has 3 aliphatic carbocycles. The molecular formula is C36H26N4O3. The summed E-state index contributed by atoms with van der Waals surface area (Å²) in [6.07, 6.45) is 1.66. The Morgan fingerprint density at radius 2 is 1.40 bits per heavy atom. The molecule has 5 aromatic rings. The molecule has 5 aromatic carbocycles. The van der Waals surface area contributed by atoms with Crippen LogP contribution in [0.5, 0.6) is 0 Å². The van der Waals surface area contributed by atoms with Gasteiger partial charge in [0, 0.05) is 23.2 Å². The summed E-state index contributed by atoms with van der Waals surface area (Å²) in [5.41, 5.74) is 12.6. The van der Waals surface area contributed by atoms with Crippen molar-refractivity contribution in [3.63, 3.8) is 0 Å².